The maximum absolute atomic E-state index is 13.6. The van der Waals surface area contributed by atoms with E-state index in [-0.39, 0.29) is 30.7 Å². The molecule has 7 nitrogen and oxygen atoms in total. The molecule has 0 saturated carbocycles. The van der Waals surface area contributed by atoms with E-state index in [2.05, 4.69) is 15.5 Å². The van der Waals surface area contributed by atoms with Gasteiger partial charge in [0, 0.05) is 25.1 Å². The zero-order chi connectivity index (χ0) is 16.9. The van der Waals surface area contributed by atoms with Crippen molar-refractivity contribution in [3.8, 4) is 0 Å². The van der Waals surface area contributed by atoms with Crippen LogP contribution < -0.4 is 5.32 Å². The molecule has 124 valence electrons. The molecule has 1 N–H and O–H groups in total. The molecule has 0 atom stereocenters. The standard InChI is InChI=1S/C16H16FN5O2/c1-24-11-21-7-6-15(20-21)16(23)19-13-8-18-22(10-13)9-12-4-2-3-5-14(12)17/h2-8,10H,9,11H2,1H3,(H,19,23). The second kappa shape index (κ2) is 7.05. The van der Waals surface area contributed by atoms with Gasteiger partial charge in [-0.25, -0.2) is 9.07 Å². The Hall–Kier alpha value is -3.00. The van der Waals surface area contributed by atoms with Crippen molar-refractivity contribution in [2.75, 3.05) is 12.4 Å². The van der Waals surface area contributed by atoms with E-state index in [1.54, 1.807) is 48.5 Å². The third kappa shape index (κ3) is 3.66. The van der Waals surface area contributed by atoms with Crippen molar-refractivity contribution in [3.05, 3.63) is 66.0 Å². The molecular weight excluding hydrogens is 313 g/mol. The fraction of sp³-hybridized carbons (Fsp3) is 0.188. The normalized spacial score (nSPS) is 10.8. The highest BCUT2D eigenvalue weighted by Gasteiger charge is 2.11. The van der Waals surface area contributed by atoms with Crippen molar-refractivity contribution in [1.82, 2.24) is 19.6 Å². The van der Waals surface area contributed by atoms with Gasteiger partial charge in [-0.3, -0.25) is 9.48 Å². The van der Waals surface area contributed by atoms with Crippen molar-refractivity contribution < 1.29 is 13.9 Å². The molecule has 0 saturated heterocycles. The molecule has 2 aromatic heterocycles. The number of hydrogen-bond acceptors (Lipinski definition) is 4. The van der Waals surface area contributed by atoms with E-state index in [1.807, 2.05) is 0 Å². The molecule has 3 rings (SSSR count). The van der Waals surface area contributed by atoms with Crippen molar-refractivity contribution >= 4 is 11.6 Å². The molecule has 0 aliphatic carbocycles. The maximum Gasteiger partial charge on any atom is 0.276 e. The molecule has 1 aromatic carbocycles. The van der Waals surface area contributed by atoms with Crippen LogP contribution in [0.4, 0.5) is 10.1 Å². The van der Waals surface area contributed by atoms with E-state index >= 15 is 0 Å². The largest absolute Gasteiger partial charge is 0.362 e. The second-order valence-electron chi connectivity index (χ2n) is 5.13. The van der Waals surface area contributed by atoms with E-state index in [9.17, 15) is 9.18 Å². The number of rotatable bonds is 6. The summed E-state index contributed by atoms with van der Waals surface area (Å²) in [6.45, 7) is 0.554. The number of aromatic nitrogens is 4. The Kier molecular flexibility index (Phi) is 4.66. The predicted octanol–water partition coefficient (Wildman–Crippen LogP) is 2.12. The summed E-state index contributed by atoms with van der Waals surface area (Å²) in [5.74, 6) is -0.641. The van der Waals surface area contributed by atoms with Gasteiger partial charge in [-0.15, -0.1) is 0 Å². The minimum Gasteiger partial charge on any atom is -0.362 e. The van der Waals surface area contributed by atoms with Gasteiger partial charge in [0.05, 0.1) is 18.4 Å². The molecule has 1 amide bonds. The van der Waals surface area contributed by atoms with Crippen LogP contribution in [0.25, 0.3) is 0 Å². The van der Waals surface area contributed by atoms with Crippen LogP contribution in [0.3, 0.4) is 0 Å². The topological polar surface area (TPSA) is 74.0 Å². The summed E-state index contributed by atoms with van der Waals surface area (Å²) in [4.78, 5) is 12.1. The van der Waals surface area contributed by atoms with Gasteiger partial charge in [0.25, 0.3) is 5.91 Å². The number of halogens is 1. The Morgan fingerprint density at radius 3 is 2.92 bits per heavy atom. The Morgan fingerprint density at radius 1 is 1.29 bits per heavy atom. The number of anilines is 1. The third-order valence-electron chi connectivity index (χ3n) is 3.32. The quantitative estimate of drug-likeness (QED) is 0.752. The fourth-order valence-corrected chi connectivity index (χ4v) is 2.20. The first kappa shape index (κ1) is 15.9. The molecule has 0 unspecified atom stereocenters. The summed E-state index contributed by atoms with van der Waals surface area (Å²) >= 11 is 0. The molecular formula is C16H16FN5O2. The lowest BCUT2D eigenvalue weighted by Crippen LogP contribution is -2.13. The third-order valence-corrected chi connectivity index (χ3v) is 3.32. The monoisotopic (exact) mass is 329 g/mol. The number of nitrogens with one attached hydrogen (secondary N) is 1. The highest BCUT2D eigenvalue weighted by atomic mass is 19.1. The predicted molar refractivity (Wildman–Crippen MR) is 84.9 cm³/mol. The first-order valence-electron chi connectivity index (χ1n) is 7.25. The summed E-state index contributed by atoms with van der Waals surface area (Å²) in [7, 11) is 1.55. The van der Waals surface area contributed by atoms with E-state index in [4.69, 9.17) is 4.74 Å². The lowest BCUT2D eigenvalue weighted by atomic mass is 10.2. The zero-order valence-corrected chi connectivity index (χ0v) is 13.0. The van der Waals surface area contributed by atoms with E-state index in [1.165, 1.54) is 16.9 Å². The van der Waals surface area contributed by atoms with Gasteiger partial charge in [0.2, 0.25) is 0 Å². The number of amides is 1. The SMILES string of the molecule is COCn1ccc(C(=O)Nc2cnn(Cc3ccccc3F)c2)n1. The Labute approximate surface area is 137 Å². The molecule has 0 aliphatic rings. The molecule has 0 aliphatic heterocycles. The first-order chi connectivity index (χ1) is 11.7. The summed E-state index contributed by atoms with van der Waals surface area (Å²) < 4.78 is 21.6. The smallest absolute Gasteiger partial charge is 0.276 e. The fourth-order valence-electron chi connectivity index (χ4n) is 2.20. The number of benzene rings is 1. The minimum atomic E-state index is -0.352. The number of hydrogen-bond donors (Lipinski definition) is 1. The summed E-state index contributed by atoms with van der Waals surface area (Å²) in [6.07, 6.45) is 4.79. The highest BCUT2D eigenvalue weighted by molar-refractivity contribution is 6.02. The number of carbonyl (C=O) groups is 1. The van der Waals surface area contributed by atoms with E-state index < -0.39 is 0 Å². The summed E-state index contributed by atoms with van der Waals surface area (Å²) in [5.41, 5.74) is 1.31. The van der Waals surface area contributed by atoms with Gasteiger partial charge in [0.1, 0.15) is 12.5 Å². The Balaban J connectivity index is 1.65. The summed E-state index contributed by atoms with van der Waals surface area (Å²) in [5, 5.41) is 10.9. The molecule has 3 aromatic rings. The molecule has 0 fully saturated rings. The van der Waals surface area contributed by atoms with Crippen LogP contribution in [0.1, 0.15) is 16.1 Å². The Morgan fingerprint density at radius 2 is 2.12 bits per heavy atom. The van der Waals surface area contributed by atoms with Crippen LogP contribution in [0.5, 0.6) is 0 Å². The van der Waals surface area contributed by atoms with Crippen LogP contribution in [0.15, 0.2) is 48.9 Å². The van der Waals surface area contributed by atoms with Gasteiger partial charge >= 0.3 is 0 Å². The molecule has 8 heteroatoms. The van der Waals surface area contributed by atoms with Crippen molar-refractivity contribution in [2.24, 2.45) is 0 Å². The van der Waals surface area contributed by atoms with Crippen LogP contribution >= 0.6 is 0 Å². The molecule has 0 spiro atoms. The van der Waals surface area contributed by atoms with Crippen molar-refractivity contribution in [2.45, 2.75) is 13.3 Å². The lowest BCUT2D eigenvalue weighted by Gasteiger charge is -2.03. The molecule has 2 heterocycles. The van der Waals surface area contributed by atoms with Gasteiger partial charge in [0.15, 0.2) is 5.69 Å². The number of nitrogens with zero attached hydrogens (tertiary/aromatic N) is 4. The second-order valence-corrected chi connectivity index (χ2v) is 5.13. The first-order valence-corrected chi connectivity index (χ1v) is 7.25. The number of ether oxygens (including phenoxy) is 1. The average Bonchev–Trinajstić information content (AvgIpc) is 3.20. The van der Waals surface area contributed by atoms with Gasteiger partial charge in [-0.2, -0.15) is 10.2 Å². The Bertz CT molecular complexity index is 842. The minimum absolute atomic E-state index is 0.272. The maximum atomic E-state index is 13.6. The lowest BCUT2D eigenvalue weighted by molar-refractivity contribution is 0.101. The average molecular weight is 329 g/mol. The number of methoxy groups -OCH3 is 1. The molecule has 0 bridgehead atoms. The number of carbonyl (C=O) groups excluding carboxylic acids is 1. The zero-order valence-electron chi connectivity index (χ0n) is 13.0. The molecule has 24 heavy (non-hydrogen) atoms. The van der Waals surface area contributed by atoms with E-state index in [0.717, 1.165) is 0 Å². The molecule has 0 radical (unpaired) electrons. The van der Waals surface area contributed by atoms with Crippen molar-refractivity contribution in [3.63, 3.8) is 0 Å². The van der Waals surface area contributed by atoms with Crippen LogP contribution in [-0.4, -0.2) is 32.6 Å². The van der Waals surface area contributed by atoms with Gasteiger partial charge in [-0.05, 0) is 12.1 Å². The van der Waals surface area contributed by atoms with Crippen molar-refractivity contribution in [1.29, 1.82) is 0 Å². The highest BCUT2D eigenvalue weighted by Crippen LogP contribution is 2.12. The summed E-state index contributed by atoms with van der Waals surface area (Å²) in [6, 6.07) is 8.09. The van der Waals surface area contributed by atoms with Crippen LogP contribution in [0, 0.1) is 5.82 Å². The van der Waals surface area contributed by atoms with E-state index in [0.29, 0.717) is 11.3 Å². The van der Waals surface area contributed by atoms with Gasteiger partial charge < -0.3 is 10.1 Å². The van der Waals surface area contributed by atoms with Gasteiger partial charge in [-0.1, -0.05) is 18.2 Å². The van der Waals surface area contributed by atoms with Crippen LogP contribution in [-0.2, 0) is 18.0 Å². The van der Waals surface area contributed by atoms with Crippen LogP contribution in [0.2, 0.25) is 0 Å².